The lowest BCUT2D eigenvalue weighted by Gasteiger charge is -2.33. The van der Waals surface area contributed by atoms with Crippen molar-refractivity contribution in [2.45, 2.75) is 50.7 Å². The molecule has 1 aliphatic carbocycles. The van der Waals surface area contributed by atoms with Gasteiger partial charge >= 0.3 is 0 Å². The van der Waals surface area contributed by atoms with E-state index in [1.807, 2.05) is 30.3 Å². The van der Waals surface area contributed by atoms with Gasteiger partial charge in [0, 0.05) is 12.6 Å². The van der Waals surface area contributed by atoms with Crippen LogP contribution in [0.1, 0.15) is 59.8 Å². The van der Waals surface area contributed by atoms with Gasteiger partial charge in [-0.1, -0.05) is 55.7 Å². The predicted molar refractivity (Wildman–Crippen MR) is 134 cm³/mol. The van der Waals surface area contributed by atoms with Gasteiger partial charge in [-0.25, -0.2) is 0 Å². The number of ether oxygens (including phenoxy) is 2. The van der Waals surface area contributed by atoms with Crippen molar-refractivity contribution in [2.24, 2.45) is 0 Å². The maximum atomic E-state index is 13.9. The highest BCUT2D eigenvalue weighted by molar-refractivity contribution is 6.99. The first-order valence-electron chi connectivity index (χ1n) is 11.8. The lowest BCUT2D eigenvalue weighted by Crippen LogP contribution is -2.47. The number of rotatable bonds is 9. The lowest BCUT2D eigenvalue weighted by atomic mass is 9.94. The van der Waals surface area contributed by atoms with Gasteiger partial charge in [-0.05, 0) is 36.1 Å². The van der Waals surface area contributed by atoms with Crippen molar-refractivity contribution in [3.63, 3.8) is 0 Å². The second kappa shape index (κ2) is 11.8. The van der Waals surface area contributed by atoms with Gasteiger partial charge in [-0.2, -0.15) is 8.75 Å². The van der Waals surface area contributed by atoms with Crippen LogP contribution in [0.4, 0.5) is 0 Å². The molecule has 4 rings (SSSR count). The summed E-state index contributed by atoms with van der Waals surface area (Å²) in [5.41, 5.74) is 1.74. The summed E-state index contributed by atoms with van der Waals surface area (Å²) < 4.78 is 19.1. The lowest BCUT2D eigenvalue weighted by molar-refractivity contribution is -0.127. The van der Waals surface area contributed by atoms with Gasteiger partial charge < -0.3 is 19.7 Å². The van der Waals surface area contributed by atoms with Crippen LogP contribution in [0.5, 0.6) is 11.5 Å². The second-order valence-electron chi connectivity index (χ2n) is 8.57. The van der Waals surface area contributed by atoms with Gasteiger partial charge in [-0.3, -0.25) is 9.59 Å². The van der Waals surface area contributed by atoms with E-state index in [0.717, 1.165) is 43.0 Å². The number of nitrogens with one attached hydrogen (secondary N) is 1. The van der Waals surface area contributed by atoms with Crippen LogP contribution in [-0.4, -0.2) is 45.7 Å². The van der Waals surface area contributed by atoms with Crippen molar-refractivity contribution >= 4 is 23.5 Å². The van der Waals surface area contributed by atoms with Crippen LogP contribution in [-0.2, 0) is 11.3 Å². The zero-order chi connectivity index (χ0) is 24.6. The quantitative estimate of drug-likeness (QED) is 0.474. The average Bonchev–Trinajstić information content (AvgIpc) is 3.44. The van der Waals surface area contributed by atoms with Crippen LogP contribution in [0.3, 0.4) is 0 Å². The predicted octanol–water partition coefficient (Wildman–Crippen LogP) is 4.39. The first-order valence-corrected chi connectivity index (χ1v) is 12.5. The Kier molecular flexibility index (Phi) is 8.31. The van der Waals surface area contributed by atoms with Crippen molar-refractivity contribution in [3.05, 3.63) is 71.5 Å². The molecule has 2 aromatic carbocycles. The summed E-state index contributed by atoms with van der Waals surface area (Å²) in [4.78, 5) is 29.1. The van der Waals surface area contributed by atoms with Gasteiger partial charge in [0.2, 0.25) is 5.91 Å². The second-order valence-corrected chi connectivity index (χ2v) is 9.13. The molecule has 1 heterocycles. The number of methoxy groups -OCH3 is 2. The van der Waals surface area contributed by atoms with E-state index in [1.54, 1.807) is 37.3 Å². The number of hydrogen-bond acceptors (Lipinski definition) is 7. The van der Waals surface area contributed by atoms with Gasteiger partial charge in [-0.15, -0.1) is 0 Å². The Morgan fingerprint density at radius 2 is 1.80 bits per heavy atom. The zero-order valence-corrected chi connectivity index (χ0v) is 20.8. The Bertz CT molecular complexity index is 1120. The number of amides is 2. The molecule has 0 saturated heterocycles. The molecule has 184 valence electrons. The molecular weight excluding hydrogens is 464 g/mol. The molecule has 9 heteroatoms. The molecule has 1 fully saturated rings. The molecule has 0 aliphatic heterocycles. The zero-order valence-electron chi connectivity index (χ0n) is 20.0. The maximum absolute atomic E-state index is 13.9. The Hall–Kier alpha value is -3.46. The summed E-state index contributed by atoms with van der Waals surface area (Å²) in [6, 6.07) is 14.1. The topological polar surface area (TPSA) is 93.7 Å². The third kappa shape index (κ3) is 5.97. The van der Waals surface area contributed by atoms with E-state index in [0.29, 0.717) is 17.1 Å². The van der Waals surface area contributed by atoms with Gasteiger partial charge in [0.05, 0.1) is 32.1 Å². The van der Waals surface area contributed by atoms with Gasteiger partial charge in [0.1, 0.15) is 6.04 Å². The van der Waals surface area contributed by atoms with Crippen molar-refractivity contribution in [3.8, 4) is 11.5 Å². The number of benzene rings is 2. The molecule has 0 bridgehead atoms. The van der Waals surface area contributed by atoms with Gasteiger partial charge in [0.25, 0.3) is 5.91 Å². The van der Waals surface area contributed by atoms with Crippen molar-refractivity contribution in [1.82, 2.24) is 19.0 Å². The molecule has 1 N–H and O–H groups in total. The summed E-state index contributed by atoms with van der Waals surface area (Å²) >= 11 is 0.962. The van der Waals surface area contributed by atoms with Crippen molar-refractivity contribution < 1.29 is 19.1 Å². The SMILES string of the molecule is COc1ccc(C(C(=O)NC2CCCCC2)N(Cc2ccccc2)C(=O)c2cnsn2)cc1OC. The third-order valence-electron chi connectivity index (χ3n) is 6.27. The molecule has 1 aromatic heterocycles. The molecule has 3 aromatic rings. The summed E-state index contributed by atoms with van der Waals surface area (Å²) in [7, 11) is 3.11. The standard InChI is InChI=1S/C26H30N4O4S/c1-33-22-14-13-19(15-23(22)34-2)24(25(31)28-20-11-7-4-8-12-20)30(17-18-9-5-3-6-10-18)26(32)21-16-27-35-29-21/h3,5-6,9-10,13-16,20,24H,4,7-8,11-12,17H2,1-2H3,(H,28,31). The van der Waals surface area contributed by atoms with E-state index >= 15 is 0 Å². The number of hydrogen-bond donors (Lipinski definition) is 1. The molecule has 0 radical (unpaired) electrons. The Morgan fingerprint density at radius 3 is 2.46 bits per heavy atom. The fraction of sp³-hybridized carbons (Fsp3) is 0.385. The van der Waals surface area contributed by atoms with Gasteiger partial charge in [0.15, 0.2) is 17.2 Å². The summed E-state index contributed by atoms with van der Waals surface area (Å²) in [5.74, 6) is 0.452. The highest BCUT2D eigenvalue weighted by atomic mass is 32.1. The Balaban J connectivity index is 1.76. The highest BCUT2D eigenvalue weighted by Gasteiger charge is 2.35. The van der Waals surface area contributed by atoms with E-state index in [4.69, 9.17) is 9.47 Å². The number of carbonyl (C=O) groups excluding carboxylic acids is 2. The molecule has 1 saturated carbocycles. The van der Waals surface area contributed by atoms with E-state index in [1.165, 1.54) is 12.6 Å². The molecule has 0 spiro atoms. The Labute approximate surface area is 209 Å². The normalized spacial score (nSPS) is 14.7. The fourth-order valence-electron chi connectivity index (χ4n) is 4.49. The van der Waals surface area contributed by atoms with E-state index in [-0.39, 0.29) is 30.1 Å². The molecule has 35 heavy (non-hydrogen) atoms. The minimum Gasteiger partial charge on any atom is -0.493 e. The minimum absolute atomic E-state index is 0.0912. The van der Waals surface area contributed by atoms with Crippen LogP contribution in [0.2, 0.25) is 0 Å². The largest absolute Gasteiger partial charge is 0.493 e. The van der Waals surface area contributed by atoms with Crippen LogP contribution >= 0.6 is 11.7 Å². The van der Waals surface area contributed by atoms with Crippen LogP contribution in [0, 0.1) is 0 Å². The van der Waals surface area contributed by atoms with Crippen molar-refractivity contribution in [2.75, 3.05) is 14.2 Å². The number of aromatic nitrogens is 2. The first-order chi connectivity index (χ1) is 17.1. The van der Waals surface area contributed by atoms with E-state index in [2.05, 4.69) is 14.1 Å². The van der Waals surface area contributed by atoms with Crippen LogP contribution in [0.15, 0.2) is 54.7 Å². The molecule has 1 atom stereocenters. The highest BCUT2D eigenvalue weighted by Crippen LogP contribution is 2.34. The molecule has 2 amide bonds. The third-order valence-corrected chi connectivity index (χ3v) is 6.75. The first kappa shape index (κ1) is 24.7. The summed E-state index contributed by atoms with van der Waals surface area (Å²) in [6.45, 7) is 0.230. The van der Waals surface area contributed by atoms with Crippen LogP contribution in [0.25, 0.3) is 0 Å². The molecule has 1 aliphatic rings. The summed E-state index contributed by atoms with van der Waals surface area (Å²) in [5, 5.41) is 3.21. The number of nitrogens with zero attached hydrogens (tertiary/aromatic N) is 3. The minimum atomic E-state index is -0.897. The van der Waals surface area contributed by atoms with E-state index in [9.17, 15) is 9.59 Å². The monoisotopic (exact) mass is 494 g/mol. The van der Waals surface area contributed by atoms with Crippen molar-refractivity contribution in [1.29, 1.82) is 0 Å². The molecule has 1 unspecified atom stereocenters. The number of carbonyl (C=O) groups is 2. The maximum Gasteiger partial charge on any atom is 0.276 e. The molecule has 8 nitrogen and oxygen atoms in total. The fourth-order valence-corrected chi connectivity index (χ4v) is 4.90. The van der Waals surface area contributed by atoms with Crippen LogP contribution < -0.4 is 14.8 Å². The Morgan fingerprint density at radius 1 is 1.06 bits per heavy atom. The smallest absolute Gasteiger partial charge is 0.276 e. The molecular formula is C26H30N4O4S. The average molecular weight is 495 g/mol. The summed E-state index contributed by atoms with van der Waals surface area (Å²) in [6.07, 6.45) is 6.67. The van der Waals surface area contributed by atoms with E-state index < -0.39 is 6.04 Å².